The van der Waals surface area contributed by atoms with Crippen LogP contribution in [-0.2, 0) is 13.0 Å². The molecule has 0 radical (unpaired) electrons. The van der Waals surface area contributed by atoms with Crippen molar-refractivity contribution >= 4 is 0 Å². The summed E-state index contributed by atoms with van der Waals surface area (Å²) in [6, 6.07) is 6.15. The highest BCUT2D eigenvalue weighted by molar-refractivity contribution is 5.21. The molecule has 0 saturated carbocycles. The predicted molar refractivity (Wildman–Crippen MR) is 68.6 cm³/mol. The third-order valence-corrected chi connectivity index (χ3v) is 2.80. The Morgan fingerprint density at radius 3 is 2.59 bits per heavy atom. The number of rotatable bonds is 5. The number of aromatic nitrogens is 2. The lowest BCUT2D eigenvalue weighted by molar-refractivity contribution is 0.682. The smallest absolute Gasteiger partial charge is 0.0315 e. The standard InChI is InChI=1S/C14H17N3/c1-12-2-6-16-10-14(12)11-17-9-5-13-3-7-15-8-4-13/h2-4,6-8,10,17H,5,9,11H2,1H3. The van der Waals surface area contributed by atoms with E-state index in [4.69, 9.17) is 0 Å². The van der Waals surface area contributed by atoms with Gasteiger partial charge in [0.15, 0.2) is 0 Å². The van der Waals surface area contributed by atoms with Crippen LogP contribution >= 0.6 is 0 Å². The maximum absolute atomic E-state index is 4.13. The predicted octanol–water partition coefficient (Wildman–Crippen LogP) is 2.12. The molecule has 0 amide bonds. The Bertz CT molecular complexity index is 454. The van der Waals surface area contributed by atoms with Crippen molar-refractivity contribution in [2.75, 3.05) is 6.54 Å². The fraction of sp³-hybridized carbons (Fsp3) is 0.286. The van der Waals surface area contributed by atoms with E-state index in [0.29, 0.717) is 0 Å². The highest BCUT2D eigenvalue weighted by Crippen LogP contribution is 2.04. The maximum atomic E-state index is 4.13. The van der Waals surface area contributed by atoms with Gasteiger partial charge in [-0.1, -0.05) is 0 Å². The first-order chi connectivity index (χ1) is 8.36. The Balaban J connectivity index is 1.76. The molecule has 0 aliphatic carbocycles. The van der Waals surface area contributed by atoms with E-state index in [9.17, 15) is 0 Å². The normalized spacial score (nSPS) is 10.4. The summed E-state index contributed by atoms with van der Waals surface area (Å²) >= 11 is 0. The van der Waals surface area contributed by atoms with Gasteiger partial charge < -0.3 is 5.32 Å². The molecule has 0 aromatic carbocycles. The zero-order valence-electron chi connectivity index (χ0n) is 10.1. The number of hydrogen-bond donors (Lipinski definition) is 1. The van der Waals surface area contributed by atoms with Gasteiger partial charge >= 0.3 is 0 Å². The SMILES string of the molecule is Cc1ccncc1CNCCc1ccncc1. The average Bonchev–Trinajstić information content (AvgIpc) is 2.38. The number of nitrogens with zero attached hydrogens (tertiary/aromatic N) is 2. The van der Waals surface area contributed by atoms with E-state index >= 15 is 0 Å². The molecule has 2 aromatic rings. The third kappa shape index (κ3) is 3.64. The van der Waals surface area contributed by atoms with Crippen LogP contribution in [0.2, 0.25) is 0 Å². The largest absolute Gasteiger partial charge is 0.312 e. The number of nitrogens with one attached hydrogen (secondary N) is 1. The van der Waals surface area contributed by atoms with E-state index in [-0.39, 0.29) is 0 Å². The van der Waals surface area contributed by atoms with Crippen molar-refractivity contribution < 1.29 is 0 Å². The molecule has 2 heterocycles. The van der Waals surface area contributed by atoms with Crippen molar-refractivity contribution in [1.82, 2.24) is 15.3 Å². The van der Waals surface area contributed by atoms with Crippen LogP contribution in [0.1, 0.15) is 16.7 Å². The molecule has 17 heavy (non-hydrogen) atoms. The lowest BCUT2D eigenvalue weighted by Gasteiger charge is -2.06. The van der Waals surface area contributed by atoms with Crippen LogP contribution in [0, 0.1) is 6.92 Å². The van der Waals surface area contributed by atoms with Gasteiger partial charge in [-0.05, 0) is 54.8 Å². The number of hydrogen-bond acceptors (Lipinski definition) is 3. The van der Waals surface area contributed by atoms with Crippen molar-refractivity contribution in [3.8, 4) is 0 Å². The Labute approximate surface area is 102 Å². The molecule has 2 aromatic heterocycles. The van der Waals surface area contributed by atoms with E-state index in [1.807, 2.05) is 30.9 Å². The molecule has 0 bridgehead atoms. The Morgan fingerprint density at radius 2 is 1.82 bits per heavy atom. The van der Waals surface area contributed by atoms with E-state index in [2.05, 4.69) is 34.3 Å². The van der Waals surface area contributed by atoms with Gasteiger partial charge in [0.05, 0.1) is 0 Å². The second kappa shape index (κ2) is 6.11. The number of aryl methyl sites for hydroxylation is 1. The molecule has 0 fully saturated rings. The molecule has 1 N–H and O–H groups in total. The van der Waals surface area contributed by atoms with E-state index < -0.39 is 0 Å². The Morgan fingerprint density at radius 1 is 1.06 bits per heavy atom. The number of pyridine rings is 2. The molecule has 0 unspecified atom stereocenters. The second-order valence-corrected chi connectivity index (χ2v) is 4.08. The minimum atomic E-state index is 0.880. The molecule has 0 atom stereocenters. The Hall–Kier alpha value is -1.74. The van der Waals surface area contributed by atoms with Crippen LogP contribution < -0.4 is 5.32 Å². The molecule has 0 saturated heterocycles. The summed E-state index contributed by atoms with van der Waals surface area (Å²) in [5, 5.41) is 3.43. The monoisotopic (exact) mass is 227 g/mol. The lowest BCUT2D eigenvalue weighted by Crippen LogP contribution is -2.17. The molecular formula is C14H17N3. The minimum absolute atomic E-state index is 0.880. The zero-order valence-corrected chi connectivity index (χ0v) is 10.1. The van der Waals surface area contributed by atoms with Gasteiger partial charge in [-0.3, -0.25) is 9.97 Å². The van der Waals surface area contributed by atoms with Crippen molar-refractivity contribution in [3.05, 3.63) is 59.7 Å². The van der Waals surface area contributed by atoms with Crippen LogP contribution in [-0.4, -0.2) is 16.5 Å². The highest BCUT2D eigenvalue weighted by Gasteiger charge is 1.97. The van der Waals surface area contributed by atoms with Crippen molar-refractivity contribution in [1.29, 1.82) is 0 Å². The maximum Gasteiger partial charge on any atom is 0.0315 e. The quantitative estimate of drug-likeness (QED) is 0.795. The van der Waals surface area contributed by atoms with Gasteiger partial charge in [0.25, 0.3) is 0 Å². The van der Waals surface area contributed by atoms with E-state index in [0.717, 1.165) is 19.5 Å². The van der Waals surface area contributed by atoms with Crippen LogP contribution in [0.5, 0.6) is 0 Å². The summed E-state index contributed by atoms with van der Waals surface area (Å²) in [4.78, 5) is 8.14. The van der Waals surface area contributed by atoms with Crippen LogP contribution in [0.25, 0.3) is 0 Å². The van der Waals surface area contributed by atoms with Crippen molar-refractivity contribution in [2.45, 2.75) is 19.9 Å². The summed E-state index contributed by atoms with van der Waals surface area (Å²) < 4.78 is 0. The van der Waals surface area contributed by atoms with Gasteiger partial charge in [0.1, 0.15) is 0 Å². The second-order valence-electron chi connectivity index (χ2n) is 4.08. The molecule has 0 spiro atoms. The summed E-state index contributed by atoms with van der Waals surface area (Å²) in [6.45, 7) is 3.96. The third-order valence-electron chi connectivity index (χ3n) is 2.80. The molecule has 88 valence electrons. The topological polar surface area (TPSA) is 37.8 Å². The van der Waals surface area contributed by atoms with Gasteiger partial charge in [-0.25, -0.2) is 0 Å². The van der Waals surface area contributed by atoms with Crippen LogP contribution in [0.4, 0.5) is 0 Å². The molecule has 3 nitrogen and oxygen atoms in total. The molecule has 0 aliphatic heterocycles. The fourth-order valence-corrected chi connectivity index (χ4v) is 1.69. The summed E-state index contributed by atoms with van der Waals surface area (Å²) in [5.74, 6) is 0. The first-order valence-electron chi connectivity index (χ1n) is 5.85. The van der Waals surface area contributed by atoms with Gasteiger partial charge in [0, 0.05) is 31.3 Å². The van der Waals surface area contributed by atoms with Gasteiger partial charge in [0.2, 0.25) is 0 Å². The first kappa shape index (κ1) is 11.7. The summed E-state index contributed by atoms with van der Waals surface area (Å²) in [7, 11) is 0. The molecule has 0 aliphatic rings. The zero-order chi connectivity index (χ0) is 11.9. The van der Waals surface area contributed by atoms with Crippen LogP contribution in [0.3, 0.4) is 0 Å². The minimum Gasteiger partial charge on any atom is -0.312 e. The summed E-state index contributed by atoms with van der Waals surface area (Å²) in [5.41, 5.74) is 3.87. The molecular weight excluding hydrogens is 210 g/mol. The first-order valence-corrected chi connectivity index (χ1v) is 5.85. The Kier molecular flexibility index (Phi) is 4.22. The van der Waals surface area contributed by atoms with Gasteiger partial charge in [-0.2, -0.15) is 0 Å². The fourth-order valence-electron chi connectivity index (χ4n) is 1.69. The van der Waals surface area contributed by atoms with E-state index in [1.165, 1.54) is 16.7 Å². The summed E-state index contributed by atoms with van der Waals surface area (Å²) in [6.07, 6.45) is 8.45. The molecule has 3 heteroatoms. The lowest BCUT2D eigenvalue weighted by atomic mass is 10.1. The van der Waals surface area contributed by atoms with Crippen molar-refractivity contribution in [2.24, 2.45) is 0 Å². The molecule has 2 rings (SSSR count). The van der Waals surface area contributed by atoms with Crippen molar-refractivity contribution in [3.63, 3.8) is 0 Å². The highest BCUT2D eigenvalue weighted by atomic mass is 14.8. The average molecular weight is 227 g/mol. The van der Waals surface area contributed by atoms with E-state index in [1.54, 1.807) is 0 Å². The van der Waals surface area contributed by atoms with Crippen LogP contribution in [0.15, 0.2) is 43.0 Å². The van der Waals surface area contributed by atoms with Gasteiger partial charge in [-0.15, -0.1) is 0 Å².